The molecular weight excluding hydrogens is 444 g/mol. The molecule has 1 aromatic carbocycles. The van der Waals surface area contributed by atoms with E-state index in [-0.39, 0.29) is 0 Å². The van der Waals surface area contributed by atoms with Crippen molar-refractivity contribution in [1.82, 2.24) is 19.5 Å². The standard InChI is InChI=1S/C22H23BrN6O/c1-13-10-17(21-26-20-19(24)18(23)12-25-22(20)27-21)14(2)29(13)16-5-3-4-15(11-16)28-6-8-30-9-7-28/h3-5,10-12H,6-9H2,1-2H3,(H3,24,25,26,27). The number of rotatable bonds is 3. The van der Waals surface area contributed by atoms with Crippen LogP contribution in [0, 0.1) is 13.8 Å². The van der Waals surface area contributed by atoms with Crippen LogP contribution in [0.5, 0.6) is 0 Å². The average Bonchev–Trinajstić information content (AvgIpc) is 3.32. The first-order chi connectivity index (χ1) is 14.5. The number of benzene rings is 1. The summed E-state index contributed by atoms with van der Waals surface area (Å²) in [6.07, 6.45) is 1.69. The number of hydrogen-bond acceptors (Lipinski definition) is 5. The van der Waals surface area contributed by atoms with Crippen LogP contribution in [0.25, 0.3) is 28.2 Å². The molecule has 0 saturated carbocycles. The van der Waals surface area contributed by atoms with Gasteiger partial charge in [-0.3, -0.25) is 0 Å². The van der Waals surface area contributed by atoms with Gasteiger partial charge in [0.2, 0.25) is 0 Å². The van der Waals surface area contributed by atoms with E-state index in [1.54, 1.807) is 6.20 Å². The minimum atomic E-state index is 0.592. The third-order valence-corrected chi connectivity index (χ3v) is 6.29. The fourth-order valence-electron chi connectivity index (χ4n) is 4.13. The van der Waals surface area contributed by atoms with Crippen LogP contribution in [0.15, 0.2) is 41.0 Å². The first kappa shape index (κ1) is 19.1. The second kappa shape index (κ2) is 7.45. The molecule has 3 N–H and O–H groups in total. The number of morpholine rings is 1. The second-order valence-corrected chi connectivity index (χ2v) is 8.40. The van der Waals surface area contributed by atoms with E-state index >= 15 is 0 Å². The topological polar surface area (TPSA) is 85.0 Å². The van der Waals surface area contributed by atoms with Gasteiger partial charge in [0.1, 0.15) is 11.3 Å². The largest absolute Gasteiger partial charge is 0.396 e. The number of aromatic amines is 1. The van der Waals surface area contributed by atoms with E-state index in [1.165, 1.54) is 5.69 Å². The zero-order valence-electron chi connectivity index (χ0n) is 16.9. The van der Waals surface area contributed by atoms with Crippen molar-refractivity contribution in [2.75, 3.05) is 36.9 Å². The molecule has 1 saturated heterocycles. The minimum absolute atomic E-state index is 0.592. The monoisotopic (exact) mass is 466 g/mol. The maximum absolute atomic E-state index is 6.17. The molecule has 7 nitrogen and oxygen atoms in total. The molecule has 3 aromatic heterocycles. The Morgan fingerprint density at radius 2 is 1.90 bits per heavy atom. The van der Waals surface area contributed by atoms with Gasteiger partial charge in [-0.15, -0.1) is 0 Å². The van der Waals surface area contributed by atoms with Gasteiger partial charge in [0, 0.05) is 47.6 Å². The van der Waals surface area contributed by atoms with Crippen LogP contribution < -0.4 is 10.6 Å². The summed E-state index contributed by atoms with van der Waals surface area (Å²) in [6, 6.07) is 10.8. The second-order valence-electron chi connectivity index (χ2n) is 7.54. The molecule has 8 heteroatoms. The summed E-state index contributed by atoms with van der Waals surface area (Å²) in [6.45, 7) is 7.61. The highest BCUT2D eigenvalue weighted by atomic mass is 79.9. The van der Waals surface area contributed by atoms with Gasteiger partial charge in [-0.25, -0.2) is 9.97 Å². The van der Waals surface area contributed by atoms with Crippen molar-refractivity contribution in [2.45, 2.75) is 13.8 Å². The van der Waals surface area contributed by atoms with Gasteiger partial charge in [0.25, 0.3) is 0 Å². The van der Waals surface area contributed by atoms with Crippen molar-refractivity contribution >= 4 is 38.5 Å². The van der Waals surface area contributed by atoms with Gasteiger partial charge >= 0.3 is 0 Å². The fraction of sp³-hybridized carbons (Fsp3) is 0.273. The first-order valence-corrected chi connectivity index (χ1v) is 10.7. The van der Waals surface area contributed by atoms with Crippen LogP contribution >= 0.6 is 15.9 Å². The summed E-state index contributed by atoms with van der Waals surface area (Å²) in [7, 11) is 0. The molecular formula is C22H23BrN6O. The Hall–Kier alpha value is -2.84. The number of aryl methyl sites for hydroxylation is 1. The number of pyridine rings is 1. The molecule has 0 spiro atoms. The number of anilines is 2. The zero-order valence-corrected chi connectivity index (χ0v) is 18.5. The molecule has 0 bridgehead atoms. The van der Waals surface area contributed by atoms with Gasteiger partial charge in [-0.05, 0) is 54.0 Å². The maximum atomic E-state index is 6.17. The minimum Gasteiger partial charge on any atom is -0.396 e. The molecule has 154 valence electrons. The lowest BCUT2D eigenvalue weighted by molar-refractivity contribution is 0.122. The van der Waals surface area contributed by atoms with Crippen molar-refractivity contribution < 1.29 is 4.74 Å². The molecule has 0 amide bonds. The van der Waals surface area contributed by atoms with Crippen molar-refractivity contribution in [1.29, 1.82) is 0 Å². The average molecular weight is 467 g/mol. The quantitative estimate of drug-likeness (QED) is 0.472. The fourth-order valence-corrected chi connectivity index (χ4v) is 4.42. The number of nitrogen functional groups attached to an aromatic ring is 1. The maximum Gasteiger partial charge on any atom is 0.159 e. The van der Waals surface area contributed by atoms with Crippen molar-refractivity contribution in [2.24, 2.45) is 0 Å². The van der Waals surface area contributed by atoms with E-state index in [9.17, 15) is 0 Å². The highest BCUT2D eigenvalue weighted by Gasteiger charge is 2.18. The van der Waals surface area contributed by atoms with Crippen LogP contribution in [0.3, 0.4) is 0 Å². The Labute approximate surface area is 183 Å². The molecule has 5 rings (SSSR count). The molecule has 0 radical (unpaired) electrons. The van der Waals surface area contributed by atoms with E-state index in [0.717, 1.165) is 59.2 Å². The van der Waals surface area contributed by atoms with E-state index in [0.29, 0.717) is 16.9 Å². The summed E-state index contributed by atoms with van der Waals surface area (Å²) in [5.74, 6) is 0.769. The lowest BCUT2D eigenvalue weighted by atomic mass is 10.2. The van der Waals surface area contributed by atoms with Crippen LogP contribution in [0.4, 0.5) is 11.4 Å². The number of hydrogen-bond donors (Lipinski definition) is 2. The summed E-state index contributed by atoms with van der Waals surface area (Å²) in [5.41, 5.74) is 13.8. The number of fused-ring (bicyclic) bond motifs is 1. The SMILES string of the molecule is Cc1cc(-c2nc3c(N)c(Br)cnc3[nH]2)c(C)n1-c1cccc(N2CCOCC2)c1. The Balaban J connectivity index is 1.57. The molecule has 1 aliphatic heterocycles. The number of nitrogens with zero attached hydrogens (tertiary/aromatic N) is 4. The lowest BCUT2D eigenvalue weighted by Gasteiger charge is -2.29. The molecule has 1 aliphatic rings. The summed E-state index contributed by atoms with van der Waals surface area (Å²) in [5, 5.41) is 0. The van der Waals surface area contributed by atoms with Gasteiger partial charge in [-0.2, -0.15) is 0 Å². The number of ether oxygens (including phenoxy) is 1. The molecule has 0 aliphatic carbocycles. The van der Waals surface area contributed by atoms with Crippen LogP contribution in [-0.2, 0) is 4.74 Å². The Bertz CT molecular complexity index is 1240. The highest BCUT2D eigenvalue weighted by Crippen LogP contribution is 2.32. The molecule has 30 heavy (non-hydrogen) atoms. The summed E-state index contributed by atoms with van der Waals surface area (Å²) >= 11 is 3.42. The third-order valence-electron chi connectivity index (χ3n) is 5.65. The van der Waals surface area contributed by atoms with E-state index in [4.69, 9.17) is 15.5 Å². The number of halogens is 1. The number of imidazole rings is 1. The van der Waals surface area contributed by atoms with Gasteiger partial charge in [0.05, 0.1) is 23.4 Å². The summed E-state index contributed by atoms with van der Waals surface area (Å²) in [4.78, 5) is 14.8. The predicted octanol–water partition coefficient (Wildman–Crippen LogP) is 4.21. The van der Waals surface area contributed by atoms with Crippen LogP contribution in [0.1, 0.15) is 11.4 Å². The molecule has 0 atom stereocenters. The number of H-pyrrole nitrogens is 1. The van der Waals surface area contributed by atoms with Crippen LogP contribution in [-0.4, -0.2) is 45.8 Å². The Morgan fingerprint density at radius 3 is 2.70 bits per heavy atom. The van der Waals surface area contributed by atoms with E-state index in [2.05, 4.69) is 79.5 Å². The lowest BCUT2D eigenvalue weighted by Crippen LogP contribution is -2.36. The highest BCUT2D eigenvalue weighted by molar-refractivity contribution is 9.10. The van der Waals surface area contributed by atoms with Gasteiger partial charge in [0.15, 0.2) is 5.65 Å². The first-order valence-electron chi connectivity index (χ1n) is 9.95. The molecule has 4 heterocycles. The Kier molecular flexibility index (Phi) is 4.75. The van der Waals surface area contributed by atoms with E-state index in [1.807, 2.05) is 0 Å². The summed E-state index contributed by atoms with van der Waals surface area (Å²) < 4.78 is 8.50. The van der Waals surface area contributed by atoms with E-state index < -0.39 is 0 Å². The molecule has 1 fully saturated rings. The third kappa shape index (κ3) is 3.16. The normalized spacial score (nSPS) is 14.6. The smallest absolute Gasteiger partial charge is 0.159 e. The van der Waals surface area contributed by atoms with Gasteiger partial charge in [-0.1, -0.05) is 6.07 Å². The number of nitrogens with two attached hydrogens (primary N) is 1. The predicted molar refractivity (Wildman–Crippen MR) is 123 cm³/mol. The van der Waals surface area contributed by atoms with Crippen molar-refractivity contribution in [3.8, 4) is 17.1 Å². The Morgan fingerprint density at radius 1 is 1.13 bits per heavy atom. The van der Waals surface area contributed by atoms with Crippen LogP contribution in [0.2, 0.25) is 0 Å². The number of nitrogens with one attached hydrogen (secondary N) is 1. The van der Waals surface area contributed by atoms with Crippen molar-refractivity contribution in [3.05, 3.63) is 52.4 Å². The molecule has 4 aromatic rings. The van der Waals surface area contributed by atoms with Gasteiger partial charge < -0.3 is 24.9 Å². The zero-order chi connectivity index (χ0) is 20.8. The van der Waals surface area contributed by atoms with Crippen molar-refractivity contribution in [3.63, 3.8) is 0 Å². The number of aromatic nitrogens is 4. The molecule has 0 unspecified atom stereocenters.